The number of aromatic nitrogens is 1. The molecule has 1 fully saturated rings. The Morgan fingerprint density at radius 1 is 1.39 bits per heavy atom. The molecule has 0 amide bonds. The van der Waals surface area contributed by atoms with Gasteiger partial charge in [0, 0.05) is 12.6 Å². The third-order valence-electron chi connectivity index (χ3n) is 3.16. The van der Waals surface area contributed by atoms with Crippen LogP contribution in [0.1, 0.15) is 31.0 Å². The number of halogens is 4. The number of hydrogen-bond acceptors (Lipinski definition) is 2. The molecular weight excluding hydrogens is 248 g/mol. The Morgan fingerprint density at radius 3 is 2.61 bits per heavy atom. The minimum atomic E-state index is -4.54. The van der Waals surface area contributed by atoms with Crippen molar-refractivity contribution in [2.75, 3.05) is 11.4 Å². The molecule has 0 bridgehead atoms. The molecular formula is C12H14F4N2. The molecule has 1 atom stereocenters. The van der Waals surface area contributed by atoms with E-state index >= 15 is 0 Å². The van der Waals surface area contributed by atoms with Crippen LogP contribution in [0.15, 0.2) is 12.1 Å². The quantitative estimate of drug-likeness (QED) is 0.758. The molecule has 1 aliphatic rings. The topological polar surface area (TPSA) is 16.1 Å². The smallest absolute Gasteiger partial charge is 0.354 e. The van der Waals surface area contributed by atoms with E-state index < -0.39 is 18.5 Å². The molecule has 0 radical (unpaired) electrons. The highest BCUT2D eigenvalue weighted by atomic mass is 19.4. The van der Waals surface area contributed by atoms with Gasteiger partial charge in [-0.15, -0.1) is 0 Å². The van der Waals surface area contributed by atoms with E-state index in [1.54, 1.807) is 4.90 Å². The standard InChI is InChI=1S/C12H14F4N2/c1-8-3-2-4-18(8)11-6-9(7-13)5-10(17-11)12(14,15)16/h5-6,8H,2-4,7H2,1H3. The molecule has 0 N–H and O–H groups in total. The normalized spacial score (nSPS) is 20.5. The Hall–Kier alpha value is -1.33. The molecule has 100 valence electrons. The predicted octanol–water partition coefficient (Wildman–Crippen LogP) is 3.56. The second-order valence-corrected chi connectivity index (χ2v) is 4.53. The van der Waals surface area contributed by atoms with Crippen molar-refractivity contribution < 1.29 is 17.6 Å². The van der Waals surface area contributed by atoms with Gasteiger partial charge in [-0.2, -0.15) is 13.2 Å². The Morgan fingerprint density at radius 2 is 2.11 bits per heavy atom. The fourth-order valence-electron chi connectivity index (χ4n) is 2.21. The van der Waals surface area contributed by atoms with E-state index in [4.69, 9.17) is 0 Å². The van der Waals surface area contributed by atoms with Crippen molar-refractivity contribution >= 4 is 5.82 Å². The molecule has 2 nitrogen and oxygen atoms in total. The van der Waals surface area contributed by atoms with E-state index in [2.05, 4.69) is 4.98 Å². The average molecular weight is 262 g/mol. The fourth-order valence-corrected chi connectivity index (χ4v) is 2.21. The molecule has 1 aromatic rings. The van der Waals surface area contributed by atoms with Gasteiger partial charge in [-0.05, 0) is 37.5 Å². The lowest BCUT2D eigenvalue weighted by molar-refractivity contribution is -0.141. The van der Waals surface area contributed by atoms with E-state index in [1.807, 2.05) is 6.92 Å². The SMILES string of the molecule is CC1CCCN1c1cc(CF)cc(C(F)(F)F)n1. The summed E-state index contributed by atoms with van der Waals surface area (Å²) in [6, 6.07) is 2.31. The van der Waals surface area contributed by atoms with Crippen LogP contribution < -0.4 is 4.90 Å². The predicted molar refractivity (Wildman–Crippen MR) is 60.1 cm³/mol. The molecule has 0 saturated carbocycles. The maximum Gasteiger partial charge on any atom is 0.433 e. The minimum absolute atomic E-state index is 0.0198. The molecule has 18 heavy (non-hydrogen) atoms. The van der Waals surface area contributed by atoms with Crippen LogP contribution in [0.25, 0.3) is 0 Å². The van der Waals surface area contributed by atoms with Crippen molar-refractivity contribution in [2.24, 2.45) is 0 Å². The highest BCUT2D eigenvalue weighted by Gasteiger charge is 2.34. The number of pyridine rings is 1. The summed E-state index contributed by atoms with van der Waals surface area (Å²) in [7, 11) is 0. The van der Waals surface area contributed by atoms with Gasteiger partial charge < -0.3 is 4.90 Å². The molecule has 1 saturated heterocycles. The average Bonchev–Trinajstić information content (AvgIpc) is 2.73. The van der Waals surface area contributed by atoms with Crippen LogP contribution in [0.2, 0.25) is 0 Å². The summed E-state index contributed by atoms with van der Waals surface area (Å²) < 4.78 is 50.6. The van der Waals surface area contributed by atoms with Crippen molar-refractivity contribution in [3.8, 4) is 0 Å². The van der Waals surface area contributed by atoms with E-state index in [9.17, 15) is 17.6 Å². The fraction of sp³-hybridized carbons (Fsp3) is 0.583. The zero-order valence-electron chi connectivity index (χ0n) is 9.97. The van der Waals surface area contributed by atoms with Crippen molar-refractivity contribution in [3.63, 3.8) is 0 Å². The van der Waals surface area contributed by atoms with Gasteiger partial charge in [0.2, 0.25) is 0 Å². The second-order valence-electron chi connectivity index (χ2n) is 4.53. The van der Waals surface area contributed by atoms with E-state index in [-0.39, 0.29) is 17.4 Å². The summed E-state index contributed by atoms with van der Waals surface area (Å²) >= 11 is 0. The molecule has 2 heterocycles. The van der Waals surface area contributed by atoms with E-state index in [0.29, 0.717) is 6.54 Å². The van der Waals surface area contributed by atoms with Crippen LogP contribution in [0.5, 0.6) is 0 Å². The van der Waals surface area contributed by atoms with Gasteiger partial charge in [-0.25, -0.2) is 9.37 Å². The van der Waals surface area contributed by atoms with Crippen LogP contribution in [-0.4, -0.2) is 17.6 Å². The highest BCUT2D eigenvalue weighted by Crippen LogP contribution is 2.32. The summed E-state index contributed by atoms with van der Waals surface area (Å²) in [5.74, 6) is 0.225. The van der Waals surface area contributed by atoms with Crippen LogP contribution in [0.4, 0.5) is 23.4 Å². The largest absolute Gasteiger partial charge is 0.433 e. The van der Waals surface area contributed by atoms with Gasteiger partial charge in [0.1, 0.15) is 18.2 Å². The Kier molecular flexibility index (Phi) is 3.45. The van der Waals surface area contributed by atoms with Crippen molar-refractivity contribution in [2.45, 2.75) is 38.7 Å². The molecule has 6 heteroatoms. The molecule has 1 aromatic heterocycles. The van der Waals surface area contributed by atoms with E-state index in [1.165, 1.54) is 6.07 Å². The summed E-state index contributed by atoms with van der Waals surface area (Å²) in [4.78, 5) is 5.42. The van der Waals surface area contributed by atoms with Gasteiger partial charge in [0.25, 0.3) is 0 Å². The molecule has 0 aliphatic carbocycles. The van der Waals surface area contributed by atoms with Crippen LogP contribution in [0.3, 0.4) is 0 Å². The maximum absolute atomic E-state index is 12.7. The van der Waals surface area contributed by atoms with Gasteiger partial charge in [-0.1, -0.05) is 0 Å². The van der Waals surface area contributed by atoms with Crippen molar-refractivity contribution in [3.05, 3.63) is 23.4 Å². The first-order chi connectivity index (χ1) is 8.41. The lowest BCUT2D eigenvalue weighted by atomic mass is 10.2. The van der Waals surface area contributed by atoms with Gasteiger partial charge in [-0.3, -0.25) is 0 Å². The number of nitrogens with zero attached hydrogens (tertiary/aromatic N) is 2. The van der Waals surface area contributed by atoms with Crippen molar-refractivity contribution in [1.82, 2.24) is 4.98 Å². The minimum Gasteiger partial charge on any atom is -0.354 e. The maximum atomic E-state index is 12.7. The summed E-state index contributed by atoms with van der Waals surface area (Å²) in [6.45, 7) is 1.69. The highest BCUT2D eigenvalue weighted by molar-refractivity contribution is 5.45. The molecule has 2 rings (SSSR count). The third kappa shape index (κ3) is 2.57. The molecule has 1 aliphatic heterocycles. The summed E-state index contributed by atoms with van der Waals surface area (Å²) in [5.41, 5.74) is -1.00. The number of rotatable bonds is 2. The first kappa shape index (κ1) is 13.1. The van der Waals surface area contributed by atoms with Gasteiger partial charge in [0.15, 0.2) is 0 Å². The molecule has 1 unspecified atom stereocenters. The number of alkyl halides is 4. The lowest BCUT2D eigenvalue weighted by Crippen LogP contribution is -2.28. The second kappa shape index (κ2) is 4.74. The summed E-state index contributed by atoms with van der Waals surface area (Å²) in [5, 5.41) is 0. The Balaban J connectivity index is 2.41. The zero-order chi connectivity index (χ0) is 13.3. The number of hydrogen-bond donors (Lipinski definition) is 0. The first-order valence-corrected chi connectivity index (χ1v) is 5.82. The lowest BCUT2D eigenvalue weighted by Gasteiger charge is -2.24. The third-order valence-corrected chi connectivity index (χ3v) is 3.16. The number of anilines is 1. The van der Waals surface area contributed by atoms with Gasteiger partial charge in [0.05, 0.1) is 0 Å². The van der Waals surface area contributed by atoms with Gasteiger partial charge >= 0.3 is 6.18 Å². The van der Waals surface area contributed by atoms with Crippen LogP contribution in [-0.2, 0) is 12.9 Å². The van der Waals surface area contributed by atoms with E-state index in [0.717, 1.165) is 18.9 Å². The summed E-state index contributed by atoms with van der Waals surface area (Å²) in [6.07, 6.45) is -2.70. The molecule has 0 aromatic carbocycles. The van der Waals surface area contributed by atoms with Crippen LogP contribution in [0, 0.1) is 0 Å². The van der Waals surface area contributed by atoms with Crippen LogP contribution >= 0.6 is 0 Å². The molecule has 0 spiro atoms. The Labute approximate surface area is 103 Å². The Bertz CT molecular complexity index is 431. The zero-order valence-corrected chi connectivity index (χ0v) is 9.97. The van der Waals surface area contributed by atoms with Crippen molar-refractivity contribution in [1.29, 1.82) is 0 Å². The monoisotopic (exact) mass is 262 g/mol. The first-order valence-electron chi connectivity index (χ1n) is 5.82.